The van der Waals surface area contributed by atoms with Gasteiger partial charge in [0.15, 0.2) is 11.6 Å². The van der Waals surface area contributed by atoms with Gasteiger partial charge in [-0.3, -0.25) is 4.68 Å². The van der Waals surface area contributed by atoms with Gasteiger partial charge in [0.2, 0.25) is 0 Å². The molecule has 0 aromatic carbocycles. The summed E-state index contributed by atoms with van der Waals surface area (Å²) in [6.07, 6.45) is 3.36. The predicted octanol–water partition coefficient (Wildman–Crippen LogP) is 0.588. The van der Waals surface area contributed by atoms with E-state index >= 15 is 0 Å². The van der Waals surface area contributed by atoms with Crippen LogP contribution in [0.25, 0.3) is 0 Å². The third-order valence-corrected chi connectivity index (χ3v) is 2.17. The lowest BCUT2D eigenvalue weighted by Gasteiger charge is -2.05. The average Bonchev–Trinajstić information content (AvgIpc) is 2.64. The number of aromatic nitrogens is 4. The van der Waals surface area contributed by atoms with Gasteiger partial charge in [-0.25, -0.2) is 0 Å². The molecule has 0 aliphatic carbocycles. The molecule has 0 spiro atoms. The molecule has 7 heteroatoms. The first-order valence-corrected chi connectivity index (χ1v) is 4.96. The van der Waals surface area contributed by atoms with Crippen molar-refractivity contribution in [1.82, 2.24) is 20.0 Å². The van der Waals surface area contributed by atoms with Gasteiger partial charge in [-0.1, -0.05) is 12.2 Å². The van der Waals surface area contributed by atoms with Gasteiger partial charge < -0.3 is 11.1 Å². The summed E-state index contributed by atoms with van der Waals surface area (Å²) in [5.41, 5.74) is 6.22. The van der Waals surface area contributed by atoms with Crippen LogP contribution in [0.5, 0.6) is 0 Å². The fourth-order valence-corrected chi connectivity index (χ4v) is 1.39. The van der Waals surface area contributed by atoms with E-state index in [0.717, 1.165) is 0 Å². The summed E-state index contributed by atoms with van der Waals surface area (Å²) in [6.45, 7) is 0. The lowest BCUT2D eigenvalue weighted by Crippen LogP contribution is -2.13. The SMILES string of the molecule is Cn1ccc(Nc2nnccc2C(N)=S)n1. The summed E-state index contributed by atoms with van der Waals surface area (Å²) in [4.78, 5) is 0.272. The molecule has 0 aliphatic heterocycles. The van der Waals surface area contributed by atoms with Crippen LogP contribution in [-0.2, 0) is 7.05 Å². The van der Waals surface area contributed by atoms with Crippen molar-refractivity contribution in [3.63, 3.8) is 0 Å². The minimum Gasteiger partial charge on any atom is -0.389 e. The third kappa shape index (κ3) is 2.14. The second-order valence-electron chi connectivity index (χ2n) is 3.16. The first-order chi connectivity index (χ1) is 7.66. The van der Waals surface area contributed by atoms with Gasteiger partial charge in [0, 0.05) is 19.3 Å². The lowest BCUT2D eigenvalue weighted by molar-refractivity contribution is 0.771. The van der Waals surface area contributed by atoms with Crippen molar-refractivity contribution >= 4 is 28.8 Å². The van der Waals surface area contributed by atoms with Gasteiger partial charge >= 0.3 is 0 Å². The summed E-state index contributed by atoms with van der Waals surface area (Å²) >= 11 is 4.92. The van der Waals surface area contributed by atoms with Crippen molar-refractivity contribution in [3.05, 3.63) is 30.1 Å². The highest BCUT2D eigenvalue weighted by Crippen LogP contribution is 2.15. The minimum absolute atomic E-state index is 0.272. The summed E-state index contributed by atoms with van der Waals surface area (Å²) in [6, 6.07) is 3.53. The zero-order chi connectivity index (χ0) is 11.5. The summed E-state index contributed by atoms with van der Waals surface area (Å²) in [7, 11) is 1.83. The van der Waals surface area contributed by atoms with E-state index in [4.69, 9.17) is 18.0 Å². The third-order valence-electron chi connectivity index (χ3n) is 1.95. The van der Waals surface area contributed by atoms with Gasteiger partial charge in [-0.2, -0.15) is 10.2 Å². The summed E-state index contributed by atoms with van der Waals surface area (Å²) in [5, 5.41) is 14.9. The highest BCUT2D eigenvalue weighted by atomic mass is 32.1. The predicted molar refractivity (Wildman–Crippen MR) is 64.4 cm³/mol. The summed E-state index contributed by atoms with van der Waals surface area (Å²) in [5.74, 6) is 1.18. The Balaban J connectivity index is 2.31. The van der Waals surface area contributed by atoms with E-state index in [0.29, 0.717) is 17.2 Å². The van der Waals surface area contributed by atoms with E-state index in [2.05, 4.69) is 20.6 Å². The molecule has 0 radical (unpaired) electrons. The van der Waals surface area contributed by atoms with Gasteiger partial charge in [-0.05, 0) is 6.07 Å². The number of hydrogen-bond donors (Lipinski definition) is 2. The molecule has 16 heavy (non-hydrogen) atoms. The van der Waals surface area contributed by atoms with Crippen molar-refractivity contribution in [2.24, 2.45) is 12.8 Å². The fraction of sp³-hybridized carbons (Fsp3) is 0.111. The van der Waals surface area contributed by atoms with Gasteiger partial charge in [-0.15, -0.1) is 5.10 Å². The first-order valence-electron chi connectivity index (χ1n) is 4.55. The molecule has 0 unspecified atom stereocenters. The lowest BCUT2D eigenvalue weighted by atomic mass is 10.3. The number of nitrogens with zero attached hydrogens (tertiary/aromatic N) is 4. The zero-order valence-corrected chi connectivity index (χ0v) is 9.40. The molecular weight excluding hydrogens is 224 g/mol. The van der Waals surface area contributed by atoms with Gasteiger partial charge in [0.1, 0.15) is 4.99 Å². The molecule has 0 amide bonds. The number of nitrogens with one attached hydrogen (secondary N) is 1. The molecule has 2 aromatic heterocycles. The Kier molecular flexibility index (Phi) is 2.78. The number of aryl methyl sites for hydroxylation is 1. The second-order valence-corrected chi connectivity index (χ2v) is 3.60. The Morgan fingerprint density at radius 3 is 2.94 bits per heavy atom. The number of nitrogens with two attached hydrogens (primary N) is 1. The zero-order valence-electron chi connectivity index (χ0n) is 8.58. The van der Waals surface area contributed by atoms with Crippen molar-refractivity contribution < 1.29 is 0 Å². The van der Waals surface area contributed by atoms with Crippen LogP contribution in [0.2, 0.25) is 0 Å². The van der Waals surface area contributed by atoms with E-state index in [1.807, 2.05) is 19.3 Å². The van der Waals surface area contributed by atoms with Crippen LogP contribution >= 0.6 is 12.2 Å². The summed E-state index contributed by atoms with van der Waals surface area (Å²) < 4.78 is 1.68. The van der Waals surface area contributed by atoms with Crippen molar-refractivity contribution in [2.45, 2.75) is 0 Å². The molecule has 2 rings (SSSR count). The number of thiocarbonyl (C=S) groups is 1. The van der Waals surface area contributed by atoms with Crippen LogP contribution in [0.4, 0.5) is 11.6 Å². The monoisotopic (exact) mass is 234 g/mol. The molecule has 2 heterocycles. The second kappa shape index (κ2) is 4.23. The maximum atomic E-state index is 5.57. The van der Waals surface area contributed by atoms with Gasteiger partial charge in [0.05, 0.1) is 11.8 Å². The molecule has 0 saturated heterocycles. The van der Waals surface area contributed by atoms with E-state index in [-0.39, 0.29) is 4.99 Å². The Bertz CT molecular complexity index is 520. The molecule has 0 saturated carbocycles. The van der Waals surface area contributed by atoms with Crippen LogP contribution in [-0.4, -0.2) is 25.0 Å². The molecule has 3 N–H and O–H groups in total. The van der Waals surface area contributed by atoms with Crippen LogP contribution in [0.1, 0.15) is 5.56 Å². The number of hydrogen-bond acceptors (Lipinski definition) is 5. The Labute approximate surface area is 97.5 Å². The van der Waals surface area contributed by atoms with E-state index in [9.17, 15) is 0 Å². The topological polar surface area (TPSA) is 81.7 Å². The highest BCUT2D eigenvalue weighted by molar-refractivity contribution is 7.80. The maximum absolute atomic E-state index is 5.57. The average molecular weight is 234 g/mol. The van der Waals surface area contributed by atoms with Crippen molar-refractivity contribution in [3.8, 4) is 0 Å². The Morgan fingerprint density at radius 2 is 2.31 bits per heavy atom. The van der Waals surface area contributed by atoms with E-state index in [1.54, 1.807) is 10.7 Å². The molecule has 6 nitrogen and oxygen atoms in total. The van der Waals surface area contributed by atoms with Crippen molar-refractivity contribution in [1.29, 1.82) is 0 Å². The van der Waals surface area contributed by atoms with Crippen LogP contribution < -0.4 is 11.1 Å². The van der Waals surface area contributed by atoms with Crippen LogP contribution in [0.3, 0.4) is 0 Å². The largest absolute Gasteiger partial charge is 0.389 e. The van der Waals surface area contributed by atoms with Crippen LogP contribution in [0, 0.1) is 0 Å². The smallest absolute Gasteiger partial charge is 0.164 e. The molecule has 2 aromatic rings. The molecule has 0 atom stereocenters. The quantitative estimate of drug-likeness (QED) is 0.756. The maximum Gasteiger partial charge on any atom is 0.164 e. The van der Waals surface area contributed by atoms with E-state index in [1.165, 1.54) is 6.20 Å². The Hall–Kier alpha value is -2.02. The standard InChI is InChI=1S/C9H10N6S/c1-15-5-3-7(14-15)12-9-6(8(10)16)2-4-11-13-9/h2-5H,1H3,(H2,10,16)(H,12,13,14). The molecule has 82 valence electrons. The number of rotatable bonds is 3. The molecule has 0 fully saturated rings. The highest BCUT2D eigenvalue weighted by Gasteiger charge is 2.07. The molecule has 0 aliphatic rings. The van der Waals surface area contributed by atoms with Crippen molar-refractivity contribution in [2.75, 3.05) is 5.32 Å². The molecular formula is C9H10N6S. The normalized spacial score (nSPS) is 10.1. The number of anilines is 2. The fourth-order valence-electron chi connectivity index (χ4n) is 1.23. The van der Waals surface area contributed by atoms with E-state index < -0.39 is 0 Å². The molecule has 0 bridgehead atoms. The minimum atomic E-state index is 0.272. The van der Waals surface area contributed by atoms with Gasteiger partial charge in [0.25, 0.3) is 0 Å². The Morgan fingerprint density at radius 1 is 1.50 bits per heavy atom. The first kappa shape index (κ1) is 10.5. The van der Waals surface area contributed by atoms with Crippen LogP contribution in [0.15, 0.2) is 24.5 Å².